The summed E-state index contributed by atoms with van der Waals surface area (Å²) in [7, 11) is 1.87. The Morgan fingerprint density at radius 3 is 2.86 bits per heavy atom. The molecule has 2 N–H and O–H groups in total. The van der Waals surface area contributed by atoms with E-state index in [-0.39, 0.29) is 36.8 Å². The average Bonchev–Trinajstić information content (AvgIpc) is 3.25. The number of hydrogen-bond donors (Lipinski definition) is 2. The number of piperidine rings is 1. The maximum atomic E-state index is 13.2. The number of aromatic nitrogens is 3. The second-order valence-corrected chi connectivity index (χ2v) is 7.94. The zero-order chi connectivity index (χ0) is 18.3. The highest BCUT2D eigenvalue weighted by Gasteiger charge is 2.25. The molecule has 2 unspecified atom stereocenters. The van der Waals surface area contributed by atoms with Gasteiger partial charge in [-0.1, -0.05) is 13.0 Å². The fourth-order valence-corrected chi connectivity index (χ4v) is 4.34. The largest absolute Gasteiger partial charge is 0.349 e. The number of nitrogens with one attached hydrogen (secondary N) is 2. The predicted octanol–water partition coefficient (Wildman–Crippen LogP) is 3.58. The first kappa shape index (κ1) is 22.6. The molecule has 1 aliphatic rings. The number of halogens is 2. The van der Waals surface area contributed by atoms with Crippen LogP contribution in [0.4, 0.5) is 0 Å². The molecular weight excluding hydrogens is 417 g/mol. The van der Waals surface area contributed by atoms with Crippen LogP contribution in [0, 0.1) is 12.8 Å². The Balaban J connectivity index is 0.00000140. The van der Waals surface area contributed by atoms with Crippen molar-refractivity contribution in [2.75, 3.05) is 13.1 Å². The molecule has 2 atom stereocenters. The minimum Gasteiger partial charge on any atom is -0.349 e. The molecule has 3 aromatic rings. The Hall–Kier alpha value is -1.67. The summed E-state index contributed by atoms with van der Waals surface area (Å²) in [5.74, 6) is 0.377. The number of carbonyl (C=O) groups excluding carboxylic acids is 1. The molecule has 152 valence electrons. The van der Waals surface area contributed by atoms with Crippen LogP contribution in [0.2, 0.25) is 0 Å². The van der Waals surface area contributed by atoms with E-state index < -0.39 is 0 Å². The van der Waals surface area contributed by atoms with Gasteiger partial charge in [-0.15, -0.1) is 36.2 Å². The number of aryl methyl sites for hydroxylation is 2. The van der Waals surface area contributed by atoms with Crippen molar-refractivity contribution < 1.29 is 4.79 Å². The van der Waals surface area contributed by atoms with Crippen LogP contribution in [0.15, 0.2) is 23.6 Å². The van der Waals surface area contributed by atoms with Crippen LogP contribution in [-0.2, 0) is 7.05 Å². The van der Waals surface area contributed by atoms with E-state index >= 15 is 0 Å². The van der Waals surface area contributed by atoms with Crippen molar-refractivity contribution >= 4 is 53.1 Å². The zero-order valence-electron chi connectivity index (χ0n) is 16.1. The van der Waals surface area contributed by atoms with Gasteiger partial charge in [-0.05, 0) is 49.9 Å². The van der Waals surface area contributed by atoms with Gasteiger partial charge in [-0.2, -0.15) is 5.10 Å². The molecule has 28 heavy (non-hydrogen) atoms. The van der Waals surface area contributed by atoms with E-state index in [9.17, 15) is 4.79 Å². The topological polar surface area (TPSA) is 71.8 Å². The molecule has 3 aromatic heterocycles. The first-order valence-electron chi connectivity index (χ1n) is 8.94. The number of fused-ring (bicyclic) bond motifs is 1. The zero-order valence-corrected chi connectivity index (χ0v) is 18.5. The SMILES string of the molecule is Cc1nn(C)c2nc(-c3cccs3)cc(C(=O)NC3CCNCC3C)c12.Cl.Cl. The molecule has 1 aliphatic heterocycles. The Morgan fingerprint density at radius 2 is 2.18 bits per heavy atom. The van der Waals surface area contributed by atoms with Crippen molar-refractivity contribution in [1.29, 1.82) is 0 Å². The molecule has 1 saturated heterocycles. The lowest BCUT2D eigenvalue weighted by Crippen LogP contribution is -2.48. The Morgan fingerprint density at radius 1 is 1.39 bits per heavy atom. The molecule has 0 radical (unpaired) electrons. The van der Waals surface area contributed by atoms with Crippen LogP contribution in [-0.4, -0.2) is 39.8 Å². The van der Waals surface area contributed by atoms with Crippen LogP contribution in [0.5, 0.6) is 0 Å². The van der Waals surface area contributed by atoms with E-state index in [0.717, 1.165) is 46.8 Å². The van der Waals surface area contributed by atoms with Crippen LogP contribution < -0.4 is 10.6 Å². The lowest BCUT2D eigenvalue weighted by Gasteiger charge is -2.30. The van der Waals surface area contributed by atoms with Gasteiger partial charge in [-0.25, -0.2) is 4.98 Å². The van der Waals surface area contributed by atoms with Crippen LogP contribution in [0.1, 0.15) is 29.4 Å². The van der Waals surface area contributed by atoms with Gasteiger partial charge < -0.3 is 10.6 Å². The Labute approximate surface area is 180 Å². The van der Waals surface area contributed by atoms with Gasteiger partial charge in [0.25, 0.3) is 5.91 Å². The molecule has 4 heterocycles. The Bertz CT molecular complexity index is 957. The highest BCUT2D eigenvalue weighted by Crippen LogP contribution is 2.29. The first-order valence-corrected chi connectivity index (χ1v) is 9.82. The maximum absolute atomic E-state index is 13.2. The van der Waals surface area contributed by atoms with E-state index in [1.54, 1.807) is 16.0 Å². The normalized spacial score (nSPS) is 19.0. The highest BCUT2D eigenvalue weighted by molar-refractivity contribution is 7.13. The summed E-state index contributed by atoms with van der Waals surface area (Å²) in [6.07, 6.45) is 0.949. The predicted molar refractivity (Wildman–Crippen MR) is 119 cm³/mol. The average molecular weight is 442 g/mol. The number of rotatable bonds is 3. The van der Waals surface area contributed by atoms with Crippen LogP contribution >= 0.6 is 36.2 Å². The second kappa shape index (κ2) is 9.22. The maximum Gasteiger partial charge on any atom is 0.252 e. The number of amides is 1. The molecule has 0 spiro atoms. The smallest absolute Gasteiger partial charge is 0.252 e. The summed E-state index contributed by atoms with van der Waals surface area (Å²) in [4.78, 5) is 19.0. The van der Waals surface area contributed by atoms with Crippen molar-refractivity contribution in [1.82, 2.24) is 25.4 Å². The number of hydrogen-bond acceptors (Lipinski definition) is 5. The van der Waals surface area contributed by atoms with Gasteiger partial charge in [0, 0.05) is 13.1 Å². The van der Waals surface area contributed by atoms with Gasteiger partial charge in [0.15, 0.2) is 5.65 Å². The molecule has 1 amide bonds. The third kappa shape index (κ3) is 4.17. The molecular formula is C19H25Cl2N5OS. The van der Waals surface area contributed by atoms with E-state index in [1.807, 2.05) is 37.6 Å². The van der Waals surface area contributed by atoms with Gasteiger partial charge in [0.05, 0.1) is 27.2 Å². The number of pyridine rings is 1. The molecule has 0 aliphatic carbocycles. The third-order valence-corrected chi connectivity index (χ3v) is 5.98. The minimum atomic E-state index is -0.0370. The van der Waals surface area contributed by atoms with E-state index in [1.165, 1.54) is 0 Å². The second-order valence-electron chi connectivity index (χ2n) is 6.99. The third-order valence-electron chi connectivity index (χ3n) is 5.09. The highest BCUT2D eigenvalue weighted by atomic mass is 35.5. The van der Waals surface area contributed by atoms with Gasteiger partial charge in [-0.3, -0.25) is 9.48 Å². The lowest BCUT2D eigenvalue weighted by molar-refractivity contribution is 0.0916. The lowest BCUT2D eigenvalue weighted by atomic mass is 9.95. The minimum absolute atomic E-state index is 0. The van der Waals surface area contributed by atoms with Crippen molar-refractivity contribution in [2.24, 2.45) is 13.0 Å². The standard InChI is InChI=1S/C19H23N5OS.2ClH/c1-11-10-20-7-6-14(11)22-19(25)13-9-15(16-5-4-8-26-16)21-18-17(13)12(2)23-24(18)3;;/h4-5,8-9,11,14,20H,6-7,10H2,1-3H3,(H,22,25);2*1H. The summed E-state index contributed by atoms with van der Waals surface area (Å²) in [6.45, 7) is 5.97. The number of carbonyl (C=O) groups is 1. The van der Waals surface area contributed by atoms with Crippen molar-refractivity contribution in [2.45, 2.75) is 26.3 Å². The molecule has 9 heteroatoms. The molecule has 0 aromatic carbocycles. The van der Waals surface area contributed by atoms with E-state index in [2.05, 4.69) is 22.7 Å². The van der Waals surface area contributed by atoms with Gasteiger partial charge in [0.1, 0.15) is 0 Å². The van der Waals surface area contributed by atoms with E-state index in [0.29, 0.717) is 11.5 Å². The summed E-state index contributed by atoms with van der Waals surface area (Å²) in [5.41, 5.74) is 3.06. The van der Waals surface area contributed by atoms with Gasteiger partial charge in [0.2, 0.25) is 0 Å². The molecule has 0 bridgehead atoms. The summed E-state index contributed by atoms with van der Waals surface area (Å²) >= 11 is 1.62. The fraction of sp³-hybridized carbons (Fsp3) is 0.421. The summed E-state index contributed by atoms with van der Waals surface area (Å²) in [6, 6.07) is 6.12. The van der Waals surface area contributed by atoms with Crippen molar-refractivity contribution in [3.05, 3.63) is 34.8 Å². The Kier molecular flexibility index (Phi) is 7.45. The molecule has 1 fully saturated rings. The molecule has 6 nitrogen and oxygen atoms in total. The summed E-state index contributed by atoms with van der Waals surface area (Å²) < 4.78 is 1.76. The molecule has 4 rings (SSSR count). The summed E-state index contributed by atoms with van der Waals surface area (Å²) in [5, 5.41) is 14.0. The van der Waals surface area contributed by atoms with E-state index in [4.69, 9.17) is 4.98 Å². The number of nitrogens with zero attached hydrogens (tertiary/aromatic N) is 3. The van der Waals surface area contributed by atoms with Crippen LogP contribution in [0.25, 0.3) is 21.6 Å². The van der Waals surface area contributed by atoms with Crippen molar-refractivity contribution in [3.63, 3.8) is 0 Å². The van der Waals surface area contributed by atoms with Gasteiger partial charge >= 0.3 is 0 Å². The number of thiophene rings is 1. The van der Waals surface area contributed by atoms with Crippen LogP contribution in [0.3, 0.4) is 0 Å². The van der Waals surface area contributed by atoms with Crippen molar-refractivity contribution in [3.8, 4) is 10.6 Å². The monoisotopic (exact) mass is 441 g/mol. The molecule has 0 saturated carbocycles. The quantitative estimate of drug-likeness (QED) is 0.651. The first-order chi connectivity index (χ1) is 12.5. The fourth-order valence-electron chi connectivity index (χ4n) is 3.65.